The molecule has 0 radical (unpaired) electrons. The number of nitrogens with one attached hydrogen (secondary N) is 1. The van der Waals surface area contributed by atoms with Crippen LogP contribution in [0.2, 0.25) is 0 Å². The molecule has 0 bridgehead atoms. The number of hydrogen-bond donors (Lipinski definition) is 1. The van der Waals surface area contributed by atoms with E-state index >= 15 is 0 Å². The van der Waals surface area contributed by atoms with Gasteiger partial charge in [0.2, 0.25) is 0 Å². The number of hydrazine groups is 1. The van der Waals surface area contributed by atoms with Crippen molar-refractivity contribution in [3.8, 4) is 0 Å². The van der Waals surface area contributed by atoms with Gasteiger partial charge >= 0.3 is 6.03 Å². The van der Waals surface area contributed by atoms with E-state index in [0.29, 0.717) is 10.5 Å². The number of amides is 2. The summed E-state index contributed by atoms with van der Waals surface area (Å²) in [5.74, 6) is 0. The molecule has 0 rings (SSSR count). The van der Waals surface area contributed by atoms with Gasteiger partial charge in [0.05, 0.1) is 26.7 Å². The molecule has 0 heterocycles. The van der Waals surface area contributed by atoms with Crippen LogP contribution in [0, 0.1) is 5.53 Å². The minimum atomic E-state index is -0.971. The Hall–Kier alpha value is -1.09. The zero-order valence-electron chi connectivity index (χ0n) is 6.97. The highest BCUT2D eigenvalue weighted by molar-refractivity contribution is 5.72. The molecular weight excluding hydrogens is 168 g/mol. The average molecular weight is 178 g/mol. The van der Waals surface area contributed by atoms with Crippen LogP contribution in [0.1, 0.15) is 0 Å². The lowest BCUT2D eigenvalue weighted by molar-refractivity contribution is -0.491. The standard InChI is InChI=1S/C4H10N4O4/c1-10-7(4(9)6-5)8(11-2)12-3/h5H,1-3H3. The molecule has 0 atom stereocenters. The van der Waals surface area contributed by atoms with Crippen LogP contribution < -0.4 is 0 Å². The van der Waals surface area contributed by atoms with Crippen LogP contribution in [0.3, 0.4) is 0 Å². The molecule has 0 aliphatic heterocycles. The van der Waals surface area contributed by atoms with Gasteiger partial charge < -0.3 is 0 Å². The Labute approximate surface area is 68.9 Å². The van der Waals surface area contributed by atoms with Crippen LogP contribution in [-0.2, 0) is 14.5 Å². The summed E-state index contributed by atoms with van der Waals surface area (Å²) in [6.45, 7) is 0. The topological polar surface area (TPSA) is 87.5 Å². The Bertz CT molecular complexity index is 159. The van der Waals surface area contributed by atoms with Gasteiger partial charge in [0.15, 0.2) is 0 Å². The zero-order chi connectivity index (χ0) is 9.56. The van der Waals surface area contributed by atoms with Crippen LogP contribution in [0.15, 0.2) is 5.11 Å². The second-order valence-electron chi connectivity index (χ2n) is 1.45. The predicted octanol–water partition coefficient (Wildman–Crippen LogP) is 0.341. The molecule has 0 saturated carbocycles. The number of rotatable bonds is 4. The fourth-order valence-electron chi connectivity index (χ4n) is 0.480. The third-order valence-electron chi connectivity index (χ3n) is 0.893. The molecule has 0 unspecified atom stereocenters. The highest BCUT2D eigenvalue weighted by Crippen LogP contribution is 2.00. The van der Waals surface area contributed by atoms with Crippen molar-refractivity contribution in [2.45, 2.75) is 0 Å². The molecule has 0 aromatic rings. The van der Waals surface area contributed by atoms with Crippen LogP contribution in [0.25, 0.3) is 0 Å². The van der Waals surface area contributed by atoms with E-state index in [1.54, 1.807) is 0 Å². The fourth-order valence-corrected chi connectivity index (χ4v) is 0.480. The normalized spacial score (nSPS) is 10.0. The molecule has 0 aromatic heterocycles. The number of hydrogen-bond acceptors (Lipinski definition) is 6. The van der Waals surface area contributed by atoms with Crippen LogP contribution in [0.5, 0.6) is 0 Å². The van der Waals surface area contributed by atoms with Gasteiger partial charge in [0, 0.05) is 0 Å². The van der Waals surface area contributed by atoms with Crippen molar-refractivity contribution in [3.63, 3.8) is 0 Å². The second kappa shape index (κ2) is 5.55. The van der Waals surface area contributed by atoms with E-state index in [1.807, 2.05) is 0 Å². The van der Waals surface area contributed by atoms with E-state index in [2.05, 4.69) is 19.6 Å². The number of urea groups is 1. The maximum atomic E-state index is 10.7. The van der Waals surface area contributed by atoms with Gasteiger partial charge in [-0.05, 0) is 0 Å². The molecule has 0 spiro atoms. The van der Waals surface area contributed by atoms with Gasteiger partial charge in [-0.25, -0.2) is 4.79 Å². The van der Waals surface area contributed by atoms with Crippen molar-refractivity contribution in [1.29, 1.82) is 5.53 Å². The van der Waals surface area contributed by atoms with Gasteiger partial charge in [-0.1, -0.05) is 10.3 Å². The lowest BCUT2D eigenvalue weighted by Gasteiger charge is -2.24. The summed E-state index contributed by atoms with van der Waals surface area (Å²) < 4.78 is 0. The summed E-state index contributed by atoms with van der Waals surface area (Å²) in [5.41, 5.74) is 6.40. The third kappa shape index (κ3) is 2.51. The maximum Gasteiger partial charge on any atom is 0.404 e. The molecule has 0 aliphatic carbocycles. The lowest BCUT2D eigenvalue weighted by atomic mass is 11.1. The van der Waals surface area contributed by atoms with Gasteiger partial charge in [0.25, 0.3) is 0 Å². The summed E-state index contributed by atoms with van der Waals surface area (Å²) in [6.07, 6.45) is 0. The quantitative estimate of drug-likeness (QED) is 0.495. The smallest absolute Gasteiger partial charge is 0.257 e. The van der Waals surface area contributed by atoms with Crippen LogP contribution in [-0.4, -0.2) is 37.9 Å². The van der Waals surface area contributed by atoms with Crippen LogP contribution in [0.4, 0.5) is 4.79 Å². The van der Waals surface area contributed by atoms with Crippen molar-refractivity contribution in [1.82, 2.24) is 10.5 Å². The van der Waals surface area contributed by atoms with Gasteiger partial charge in [0.1, 0.15) is 0 Å². The van der Waals surface area contributed by atoms with E-state index in [0.717, 1.165) is 0 Å². The molecule has 2 amide bonds. The Balaban J connectivity index is 4.29. The molecule has 8 heteroatoms. The molecule has 0 aromatic carbocycles. The van der Waals surface area contributed by atoms with E-state index in [-0.39, 0.29) is 0 Å². The molecule has 70 valence electrons. The summed E-state index contributed by atoms with van der Waals surface area (Å²) in [7, 11) is 3.72. The highest BCUT2D eigenvalue weighted by atomic mass is 17.0. The van der Waals surface area contributed by atoms with Gasteiger partial charge in [-0.3, -0.25) is 14.5 Å². The Kier molecular flexibility index (Phi) is 5.04. The summed E-state index contributed by atoms with van der Waals surface area (Å²) in [5, 5.41) is 3.73. The maximum absolute atomic E-state index is 10.7. The summed E-state index contributed by atoms with van der Waals surface area (Å²) >= 11 is 0. The Morgan fingerprint density at radius 2 is 1.75 bits per heavy atom. The summed E-state index contributed by atoms with van der Waals surface area (Å²) in [4.78, 5) is 24.3. The Morgan fingerprint density at radius 1 is 1.25 bits per heavy atom. The zero-order valence-corrected chi connectivity index (χ0v) is 6.97. The first-order chi connectivity index (χ1) is 5.71. The first-order valence-corrected chi connectivity index (χ1v) is 2.85. The Morgan fingerprint density at radius 3 is 2.00 bits per heavy atom. The number of hydroxylamine groups is 1. The average Bonchev–Trinajstić information content (AvgIpc) is 2.12. The van der Waals surface area contributed by atoms with Crippen molar-refractivity contribution < 1.29 is 19.3 Å². The fraction of sp³-hybridized carbons (Fsp3) is 0.750. The van der Waals surface area contributed by atoms with Crippen molar-refractivity contribution >= 4 is 6.03 Å². The summed E-state index contributed by atoms with van der Waals surface area (Å²) in [6, 6.07) is -0.971. The molecule has 0 aliphatic rings. The SMILES string of the molecule is CON(OC)N(OC)C(=O)N=N. The molecule has 0 fully saturated rings. The molecule has 1 N–H and O–H groups in total. The monoisotopic (exact) mass is 178 g/mol. The van der Waals surface area contributed by atoms with E-state index in [1.165, 1.54) is 21.3 Å². The second-order valence-corrected chi connectivity index (χ2v) is 1.45. The van der Waals surface area contributed by atoms with Gasteiger partial charge in [-0.2, -0.15) is 5.53 Å². The number of carbonyl (C=O) groups excluding carboxylic acids is 1. The lowest BCUT2D eigenvalue weighted by Crippen LogP contribution is -2.43. The van der Waals surface area contributed by atoms with Crippen molar-refractivity contribution in [3.05, 3.63) is 0 Å². The van der Waals surface area contributed by atoms with Crippen molar-refractivity contribution in [2.75, 3.05) is 21.3 Å². The predicted molar refractivity (Wildman–Crippen MR) is 35.2 cm³/mol. The molecule has 8 nitrogen and oxygen atoms in total. The van der Waals surface area contributed by atoms with Crippen molar-refractivity contribution in [2.24, 2.45) is 5.11 Å². The van der Waals surface area contributed by atoms with E-state index < -0.39 is 6.03 Å². The minimum Gasteiger partial charge on any atom is -0.257 e. The molecule has 0 saturated heterocycles. The first-order valence-electron chi connectivity index (χ1n) is 2.85. The molecule has 12 heavy (non-hydrogen) atoms. The van der Waals surface area contributed by atoms with Gasteiger partial charge in [-0.15, -0.1) is 0 Å². The number of nitrogens with zero attached hydrogens (tertiary/aromatic N) is 3. The third-order valence-corrected chi connectivity index (χ3v) is 0.893. The first kappa shape index (κ1) is 10.9. The van der Waals surface area contributed by atoms with E-state index in [9.17, 15) is 4.79 Å². The minimum absolute atomic E-state index is 0.521. The highest BCUT2D eigenvalue weighted by Gasteiger charge is 2.21. The number of carbonyl (C=O) groups is 1. The van der Waals surface area contributed by atoms with E-state index in [4.69, 9.17) is 5.53 Å². The van der Waals surface area contributed by atoms with Crippen LogP contribution >= 0.6 is 0 Å². The molecular formula is C4H10N4O4. The largest absolute Gasteiger partial charge is 0.404 e.